The Labute approximate surface area is 242 Å². The smallest absolute Gasteiger partial charge is 0.119 e. The average Bonchev–Trinajstić information content (AvgIpc) is 2.98. The molecule has 0 saturated heterocycles. The molecular formula is C37H61NO. The van der Waals surface area contributed by atoms with Gasteiger partial charge in [-0.15, -0.1) is 0 Å². The van der Waals surface area contributed by atoms with E-state index in [1.54, 1.807) is 0 Å². The largest absolute Gasteiger partial charge is 0.494 e. The Balaban J connectivity index is 1.29. The fourth-order valence-electron chi connectivity index (χ4n) is 7.44. The number of ether oxygens (including phenoxy) is 1. The molecule has 2 aliphatic carbocycles. The SMILES string of the molecule is CCCCCCCCOc1ccc([C@H]2CC[C@H](C(C#N)C[C@H]3CC[C@H](CCCCCCCC)CC3)CC2)cc1. The summed E-state index contributed by atoms with van der Waals surface area (Å²) in [5, 5.41) is 10.1. The van der Waals surface area contributed by atoms with Gasteiger partial charge in [0.1, 0.15) is 5.75 Å². The van der Waals surface area contributed by atoms with Gasteiger partial charge in [0.25, 0.3) is 0 Å². The summed E-state index contributed by atoms with van der Waals surface area (Å²) in [6.45, 7) is 5.41. The predicted molar refractivity (Wildman–Crippen MR) is 167 cm³/mol. The third kappa shape index (κ3) is 12.3. The van der Waals surface area contributed by atoms with Crippen LogP contribution in [0.5, 0.6) is 5.75 Å². The van der Waals surface area contributed by atoms with Crippen molar-refractivity contribution >= 4 is 0 Å². The normalized spacial score (nSPS) is 24.2. The highest BCUT2D eigenvalue weighted by molar-refractivity contribution is 5.29. The first-order valence-corrected chi connectivity index (χ1v) is 17.4. The first kappa shape index (κ1) is 32.0. The molecule has 3 rings (SSSR count). The number of hydrogen-bond acceptors (Lipinski definition) is 2. The Bertz CT molecular complexity index is 764. The van der Waals surface area contributed by atoms with Crippen LogP contribution in [0.2, 0.25) is 0 Å². The molecule has 0 aromatic heterocycles. The van der Waals surface area contributed by atoms with Gasteiger partial charge in [-0.25, -0.2) is 0 Å². The van der Waals surface area contributed by atoms with Crippen LogP contribution in [0.25, 0.3) is 0 Å². The van der Waals surface area contributed by atoms with E-state index in [0.29, 0.717) is 11.8 Å². The maximum atomic E-state index is 10.1. The molecule has 2 fully saturated rings. The summed E-state index contributed by atoms with van der Waals surface area (Å²) in [6.07, 6.45) is 29.5. The van der Waals surface area contributed by atoms with Crippen molar-refractivity contribution in [3.63, 3.8) is 0 Å². The van der Waals surface area contributed by atoms with Crippen LogP contribution >= 0.6 is 0 Å². The number of benzene rings is 1. The van der Waals surface area contributed by atoms with E-state index in [2.05, 4.69) is 44.2 Å². The highest BCUT2D eigenvalue weighted by atomic mass is 16.5. The molecule has 0 amide bonds. The summed E-state index contributed by atoms with van der Waals surface area (Å²) in [6, 6.07) is 11.7. The minimum absolute atomic E-state index is 0.281. The van der Waals surface area contributed by atoms with Crippen molar-refractivity contribution < 1.29 is 4.74 Å². The topological polar surface area (TPSA) is 33.0 Å². The molecule has 2 aliphatic rings. The molecule has 0 bridgehead atoms. The van der Waals surface area contributed by atoms with Crippen molar-refractivity contribution in [1.29, 1.82) is 5.26 Å². The lowest BCUT2D eigenvalue weighted by molar-refractivity contribution is 0.193. The van der Waals surface area contributed by atoms with Gasteiger partial charge in [-0.1, -0.05) is 129 Å². The van der Waals surface area contributed by atoms with Crippen molar-refractivity contribution in [1.82, 2.24) is 0 Å². The third-order valence-corrected chi connectivity index (χ3v) is 10.1. The van der Waals surface area contributed by atoms with Gasteiger partial charge in [0.15, 0.2) is 0 Å². The molecule has 2 nitrogen and oxygen atoms in total. The summed E-state index contributed by atoms with van der Waals surface area (Å²) >= 11 is 0. The summed E-state index contributed by atoms with van der Waals surface area (Å²) in [5.74, 6) is 4.35. The van der Waals surface area contributed by atoms with Gasteiger partial charge in [-0.2, -0.15) is 5.26 Å². The zero-order valence-electron chi connectivity index (χ0n) is 25.8. The van der Waals surface area contributed by atoms with E-state index in [0.717, 1.165) is 30.6 Å². The number of unbranched alkanes of at least 4 members (excludes halogenated alkanes) is 10. The lowest BCUT2D eigenvalue weighted by Gasteiger charge is -2.34. The molecule has 2 saturated carbocycles. The quantitative estimate of drug-likeness (QED) is 0.165. The van der Waals surface area contributed by atoms with Gasteiger partial charge in [-0.05, 0) is 79.9 Å². The second kappa shape index (κ2) is 19.6. The van der Waals surface area contributed by atoms with Crippen LogP contribution in [-0.4, -0.2) is 6.61 Å². The summed E-state index contributed by atoms with van der Waals surface area (Å²) in [4.78, 5) is 0. The van der Waals surface area contributed by atoms with Gasteiger partial charge in [-0.3, -0.25) is 0 Å². The average molecular weight is 536 g/mol. The van der Waals surface area contributed by atoms with Crippen LogP contribution in [0, 0.1) is 35.0 Å². The monoisotopic (exact) mass is 535 g/mol. The van der Waals surface area contributed by atoms with Crippen LogP contribution in [0.3, 0.4) is 0 Å². The Kier molecular flexibility index (Phi) is 16.1. The van der Waals surface area contributed by atoms with Crippen LogP contribution in [0.4, 0.5) is 0 Å². The fourth-order valence-corrected chi connectivity index (χ4v) is 7.44. The summed E-state index contributed by atoms with van der Waals surface area (Å²) in [7, 11) is 0. The van der Waals surface area contributed by atoms with E-state index in [4.69, 9.17) is 4.74 Å². The maximum Gasteiger partial charge on any atom is 0.119 e. The minimum Gasteiger partial charge on any atom is -0.494 e. The standard InChI is InChI=1S/C37H61NO/c1-3-5-7-9-11-13-15-31-16-18-32(19-17-31)29-36(30-38)35-22-20-33(21-23-35)34-24-26-37(27-25-34)39-28-14-12-10-8-6-4-2/h24-27,31-33,35-36H,3-23,28-29H2,1-2H3/t31-,32-,33-,35-,36?. The molecule has 0 spiro atoms. The molecule has 1 aromatic carbocycles. The van der Waals surface area contributed by atoms with E-state index >= 15 is 0 Å². The molecule has 1 atom stereocenters. The Hall–Kier alpha value is -1.49. The third-order valence-electron chi connectivity index (χ3n) is 10.1. The molecule has 1 aromatic rings. The molecule has 0 aliphatic heterocycles. The summed E-state index contributed by atoms with van der Waals surface area (Å²) in [5.41, 5.74) is 1.47. The molecule has 2 heteroatoms. The Morgan fingerprint density at radius 1 is 0.692 bits per heavy atom. The molecule has 1 unspecified atom stereocenters. The van der Waals surface area contributed by atoms with Crippen molar-refractivity contribution in [2.75, 3.05) is 6.61 Å². The zero-order chi connectivity index (χ0) is 27.5. The van der Waals surface area contributed by atoms with Gasteiger partial charge < -0.3 is 4.74 Å². The van der Waals surface area contributed by atoms with Crippen molar-refractivity contribution in [3.05, 3.63) is 29.8 Å². The number of nitriles is 1. The first-order chi connectivity index (χ1) is 19.2. The molecule has 0 N–H and O–H groups in total. The Morgan fingerprint density at radius 3 is 1.87 bits per heavy atom. The van der Waals surface area contributed by atoms with E-state index < -0.39 is 0 Å². The highest BCUT2D eigenvalue weighted by Gasteiger charge is 2.31. The maximum absolute atomic E-state index is 10.1. The second-order valence-electron chi connectivity index (χ2n) is 13.2. The van der Waals surface area contributed by atoms with Gasteiger partial charge in [0.05, 0.1) is 12.7 Å². The van der Waals surface area contributed by atoms with Crippen molar-refractivity contribution in [3.8, 4) is 11.8 Å². The minimum atomic E-state index is 0.281. The lowest BCUT2D eigenvalue weighted by Crippen LogP contribution is -2.24. The van der Waals surface area contributed by atoms with Gasteiger partial charge >= 0.3 is 0 Å². The van der Waals surface area contributed by atoms with E-state index in [-0.39, 0.29) is 5.92 Å². The molecule has 0 heterocycles. The molecule has 0 radical (unpaired) electrons. The highest BCUT2D eigenvalue weighted by Crippen LogP contribution is 2.43. The number of hydrogen-bond donors (Lipinski definition) is 0. The van der Waals surface area contributed by atoms with E-state index in [1.807, 2.05) is 0 Å². The molecule has 220 valence electrons. The first-order valence-electron chi connectivity index (χ1n) is 17.4. The number of nitrogens with zero attached hydrogens (tertiary/aromatic N) is 1. The second-order valence-corrected chi connectivity index (χ2v) is 13.2. The fraction of sp³-hybridized carbons (Fsp3) is 0.811. The van der Waals surface area contributed by atoms with Crippen LogP contribution in [0.1, 0.15) is 167 Å². The van der Waals surface area contributed by atoms with E-state index in [9.17, 15) is 5.26 Å². The van der Waals surface area contributed by atoms with E-state index in [1.165, 1.54) is 140 Å². The Morgan fingerprint density at radius 2 is 1.26 bits per heavy atom. The van der Waals surface area contributed by atoms with Crippen LogP contribution in [0.15, 0.2) is 24.3 Å². The van der Waals surface area contributed by atoms with Crippen LogP contribution < -0.4 is 4.74 Å². The zero-order valence-corrected chi connectivity index (χ0v) is 25.8. The van der Waals surface area contributed by atoms with Gasteiger partial charge in [0.2, 0.25) is 0 Å². The summed E-state index contributed by atoms with van der Waals surface area (Å²) < 4.78 is 6.00. The lowest BCUT2D eigenvalue weighted by atomic mass is 9.70. The number of rotatable bonds is 19. The van der Waals surface area contributed by atoms with Crippen molar-refractivity contribution in [2.24, 2.45) is 23.7 Å². The molecular weight excluding hydrogens is 474 g/mol. The molecule has 39 heavy (non-hydrogen) atoms. The van der Waals surface area contributed by atoms with Gasteiger partial charge in [0, 0.05) is 5.92 Å². The van der Waals surface area contributed by atoms with Crippen molar-refractivity contribution in [2.45, 2.75) is 161 Å². The van der Waals surface area contributed by atoms with Crippen LogP contribution in [-0.2, 0) is 0 Å². The predicted octanol–water partition coefficient (Wildman–Crippen LogP) is 11.8.